The molecule has 0 radical (unpaired) electrons. The number of anilines is 1. The van der Waals surface area contributed by atoms with Crippen molar-refractivity contribution in [3.63, 3.8) is 0 Å². The third kappa shape index (κ3) is 4.05. The summed E-state index contributed by atoms with van der Waals surface area (Å²) in [4.78, 5) is 18.2. The fourth-order valence-electron chi connectivity index (χ4n) is 2.36. The molecule has 0 spiro atoms. The first-order chi connectivity index (χ1) is 12.5. The van der Waals surface area contributed by atoms with Crippen LogP contribution in [0.5, 0.6) is 0 Å². The summed E-state index contributed by atoms with van der Waals surface area (Å²) in [6.07, 6.45) is 5.15. The van der Waals surface area contributed by atoms with Gasteiger partial charge in [-0.1, -0.05) is 24.3 Å². The molecule has 0 saturated carbocycles. The summed E-state index contributed by atoms with van der Waals surface area (Å²) in [6.45, 7) is 0. The van der Waals surface area contributed by atoms with Crippen molar-refractivity contribution in [2.45, 2.75) is 0 Å². The Morgan fingerprint density at radius 3 is 2.27 bits per heavy atom. The Balaban J connectivity index is 1.74. The topological polar surface area (TPSA) is 65.7 Å². The van der Waals surface area contributed by atoms with E-state index in [4.69, 9.17) is 10.00 Å². The molecule has 0 fully saturated rings. The Morgan fingerprint density at radius 2 is 1.65 bits per heavy atom. The standard InChI is InChI=1S/C21H17N3O2/c1-24(2)18-10-7-15(8-11-18)9-12-20-23-19(21(25)26-20)13-16-3-5-17(14-22)6-4-16/h3-13H,1-2H3. The van der Waals surface area contributed by atoms with Crippen LogP contribution in [0.1, 0.15) is 16.7 Å². The van der Waals surface area contributed by atoms with Crippen LogP contribution >= 0.6 is 0 Å². The Morgan fingerprint density at radius 1 is 1.00 bits per heavy atom. The molecular formula is C21H17N3O2. The molecule has 0 bridgehead atoms. The van der Waals surface area contributed by atoms with Crippen molar-refractivity contribution in [3.8, 4) is 6.07 Å². The highest BCUT2D eigenvalue weighted by atomic mass is 16.6. The molecule has 2 aromatic carbocycles. The first kappa shape index (κ1) is 17.2. The number of hydrogen-bond acceptors (Lipinski definition) is 5. The fourth-order valence-corrected chi connectivity index (χ4v) is 2.36. The quantitative estimate of drug-likeness (QED) is 0.628. The summed E-state index contributed by atoms with van der Waals surface area (Å²) in [5, 5.41) is 8.81. The van der Waals surface area contributed by atoms with E-state index in [0.29, 0.717) is 5.56 Å². The molecule has 2 aromatic rings. The van der Waals surface area contributed by atoms with Crippen LogP contribution < -0.4 is 4.90 Å². The molecule has 0 amide bonds. The Bertz CT molecular complexity index is 944. The number of benzene rings is 2. The molecular weight excluding hydrogens is 326 g/mol. The van der Waals surface area contributed by atoms with Crippen molar-refractivity contribution in [2.24, 2.45) is 4.99 Å². The molecule has 0 aliphatic carbocycles. The highest BCUT2D eigenvalue weighted by Crippen LogP contribution is 2.18. The molecule has 3 rings (SSSR count). The first-order valence-electron chi connectivity index (χ1n) is 8.03. The second-order valence-electron chi connectivity index (χ2n) is 5.92. The van der Waals surface area contributed by atoms with E-state index in [1.165, 1.54) is 0 Å². The smallest absolute Gasteiger partial charge is 0.363 e. The van der Waals surface area contributed by atoms with Crippen LogP contribution in [0.25, 0.3) is 12.2 Å². The van der Waals surface area contributed by atoms with Crippen molar-refractivity contribution in [3.05, 3.63) is 77.0 Å². The van der Waals surface area contributed by atoms with Crippen molar-refractivity contribution >= 4 is 29.7 Å². The zero-order chi connectivity index (χ0) is 18.5. The highest BCUT2D eigenvalue weighted by Gasteiger charge is 2.21. The van der Waals surface area contributed by atoms with E-state index in [9.17, 15) is 4.79 Å². The van der Waals surface area contributed by atoms with Crippen molar-refractivity contribution in [1.82, 2.24) is 0 Å². The van der Waals surface area contributed by atoms with Crippen LogP contribution in [0, 0.1) is 11.3 Å². The van der Waals surface area contributed by atoms with Gasteiger partial charge in [-0.3, -0.25) is 0 Å². The Labute approximate surface area is 152 Å². The maximum absolute atomic E-state index is 11.9. The zero-order valence-corrected chi connectivity index (χ0v) is 14.5. The summed E-state index contributed by atoms with van der Waals surface area (Å²) in [7, 11) is 3.97. The molecule has 1 aliphatic rings. The molecule has 0 unspecified atom stereocenters. The summed E-state index contributed by atoms with van der Waals surface area (Å²) >= 11 is 0. The molecule has 0 N–H and O–H groups in total. The zero-order valence-electron chi connectivity index (χ0n) is 14.5. The summed E-state index contributed by atoms with van der Waals surface area (Å²) in [5.74, 6) is -0.233. The number of nitrogens with zero attached hydrogens (tertiary/aromatic N) is 3. The normalized spacial score (nSPS) is 15.0. The van der Waals surface area contributed by atoms with E-state index < -0.39 is 5.97 Å². The van der Waals surface area contributed by atoms with Crippen LogP contribution in [-0.2, 0) is 9.53 Å². The van der Waals surface area contributed by atoms with E-state index >= 15 is 0 Å². The van der Waals surface area contributed by atoms with Crippen molar-refractivity contribution < 1.29 is 9.53 Å². The van der Waals surface area contributed by atoms with Gasteiger partial charge in [0.05, 0.1) is 11.6 Å². The molecule has 5 heteroatoms. The van der Waals surface area contributed by atoms with E-state index in [-0.39, 0.29) is 11.6 Å². The average Bonchev–Trinajstić information content (AvgIpc) is 3.00. The lowest BCUT2D eigenvalue weighted by molar-refractivity contribution is -0.129. The maximum Gasteiger partial charge on any atom is 0.363 e. The SMILES string of the molecule is CN(C)c1ccc(C=CC2=NC(=Cc3ccc(C#N)cc3)C(=O)O2)cc1. The van der Waals surface area contributed by atoms with Crippen LogP contribution in [-0.4, -0.2) is 26.0 Å². The number of ether oxygens (including phenoxy) is 1. The summed E-state index contributed by atoms with van der Waals surface area (Å²) < 4.78 is 5.17. The van der Waals surface area contributed by atoms with Gasteiger partial charge in [-0.05, 0) is 47.5 Å². The number of hydrogen-bond donors (Lipinski definition) is 0. The van der Waals surface area contributed by atoms with Crippen LogP contribution in [0.4, 0.5) is 5.69 Å². The van der Waals surface area contributed by atoms with E-state index in [0.717, 1.165) is 16.8 Å². The van der Waals surface area contributed by atoms with Gasteiger partial charge in [0.15, 0.2) is 5.70 Å². The van der Waals surface area contributed by atoms with Gasteiger partial charge in [0.2, 0.25) is 5.90 Å². The van der Waals surface area contributed by atoms with Gasteiger partial charge in [-0.2, -0.15) is 5.26 Å². The molecule has 0 saturated heterocycles. The fraction of sp³-hybridized carbons (Fsp3) is 0.0952. The lowest BCUT2D eigenvalue weighted by atomic mass is 10.1. The minimum atomic E-state index is -0.489. The van der Waals surface area contributed by atoms with E-state index in [1.54, 1.807) is 36.4 Å². The summed E-state index contributed by atoms with van der Waals surface area (Å²) in [6, 6.07) is 16.9. The molecule has 1 aliphatic heterocycles. The number of aliphatic imine (C=N–C) groups is 1. The predicted molar refractivity (Wildman–Crippen MR) is 102 cm³/mol. The Kier molecular flexibility index (Phi) is 4.95. The van der Waals surface area contributed by atoms with Gasteiger partial charge in [-0.25, -0.2) is 9.79 Å². The number of rotatable bonds is 4. The lowest BCUT2D eigenvalue weighted by Gasteiger charge is -2.11. The van der Waals surface area contributed by atoms with Crippen LogP contribution in [0.3, 0.4) is 0 Å². The Hall–Kier alpha value is -3.65. The monoisotopic (exact) mass is 343 g/mol. The molecule has 1 heterocycles. The number of nitriles is 1. The minimum Gasteiger partial charge on any atom is -0.403 e. The van der Waals surface area contributed by atoms with Gasteiger partial charge in [-0.15, -0.1) is 0 Å². The maximum atomic E-state index is 11.9. The third-order valence-electron chi connectivity index (χ3n) is 3.81. The van der Waals surface area contributed by atoms with Gasteiger partial charge in [0.1, 0.15) is 0 Å². The highest BCUT2D eigenvalue weighted by molar-refractivity contribution is 6.11. The summed E-state index contributed by atoms with van der Waals surface area (Å²) in [5.41, 5.74) is 3.67. The third-order valence-corrected chi connectivity index (χ3v) is 3.81. The lowest BCUT2D eigenvalue weighted by Crippen LogP contribution is -2.07. The minimum absolute atomic E-state index is 0.234. The van der Waals surface area contributed by atoms with Gasteiger partial charge in [0.25, 0.3) is 0 Å². The van der Waals surface area contributed by atoms with Gasteiger partial charge >= 0.3 is 5.97 Å². The average molecular weight is 343 g/mol. The van der Waals surface area contributed by atoms with Crippen LogP contribution in [0.15, 0.2) is 65.3 Å². The number of carbonyl (C=O) groups is 1. The van der Waals surface area contributed by atoms with Gasteiger partial charge in [0, 0.05) is 25.9 Å². The second kappa shape index (κ2) is 7.49. The molecule has 0 atom stereocenters. The molecule has 128 valence electrons. The number of cyclic esters (lactones) is 1. The van der Waals surface area contributed by atoms with Crippen molar-refractivity contribution in [2.75, 3.05) is 19.0 Å². The van der Waals surface area contributed by atoms with Crippen LogP contribution in [0.2, 0.25) is 0 Å². The van der Waals surface area contributed by atoms with Crippen molar-refractivity contribution in [1.29, 1.82) is 5.26 Å². The molecule has 26 heavy (non-hydrogen) atoms. The number of carbonyl (C=O) groups excluding carboxylic acids is 1. The van der Waals surface area contributed by atoms with E-state index in [1.807, 2.05) is 49.3 Å². The molecule has 0 aromatic heterocycles. The number of esters is 1. The van der Waals surface area contributed by atoms with Gasteiger partial charge < -0.3 is 9.64 Å². The largest absolute Gasteiger partial charge is 0.403 e. The van der Waals surface area contributed by atoms with E-state index in [2.05, 4.69) is 11.1 Å². The first-order valence-corrected chi connectivity index (χ1v) is 8.03. The molecule has 5 nitrogen and oxygen atoms in total. The predicted octanol–water partition coefficient (Wildman–Crippen LogP) is 3.63. The second-order valence-corrected chi connectivity index (χ2v) is 5.92.